The summed E-state index contributed by atoms with van der Waals surface area (Å²) >= 11 is 5.82. The van der Waals surface area contributed by atoms with Gasteiger partial charge < -0.3 is 0 Å². The highest BCUT2D eigenvalue weighted by molar-refractivity contribution is 6.30. The van der Waals surface area contributed by atoms with Gasteiger partial charge >= 0.3 is 0 Å². The fraction of sp³-hybridized carbons (Fsp3) is 0.143. The molecule has 2 heteroatoms. The highest BCUT2D eigenvalue weighted by Crippen LogP contribution is 2.17. The van der Waals surface area contributed by atoms with E-state index in [1.54, 1.807) is 6.07 Å². The van der Waals surface area contributed by atoms with Crippen LogP contribution < -0.4 is 0 Å². The fourth-order valence-corrected chi connectivity index (χ4v) is 1.81. The number of rotatable bonds is 2. The zero-order valence-electron chi connectivity index (χ0n) is 9.00. The van der Waals surface area contributed by atoms with Crippen molar-refractivity contribution in [1.82, 2.24) is 0 Å². The quantitative estimate of drug-likeness (QED) is 0.724. The molecule has 0 aliphatic carbocycles. The van der Waals surface area contributed by atoms with Crippen LogP contribution in [-0.4, -0.2) is 0 Å². The Hall–Kier alpha value is -1.34. The van der Waals surface area contributed by atoms with Gasteiger partial charge in [-0.25, -0.2) is 4.39 Å². The van der Waals surface area contributed by atoms with E-state index in [0.717, 1.165) is 22.6 Å². The lowest BCUT2D eigenvalue weighted by Crippen LogP contribution is -1.92. The van der Waals surface area contributed by atoms with Crippen molar-refractivity contribution < 1.29 is 4.39 Å². The molecule has 2 aromatic rings. The molecular formula is C14H12ClF. The van der Waals surface area contributed by atoms with Gasteiger partial charge in [0.2, 0.25) is 0 Å². The Kier molecular flexibility index (Phi) is 3.25. The molecule has 2 rings (SSSR count). The molecule has 0 aliphatic heterocycles. The molecule has 0 aliphatic rings. The lowest BCUT2D eigenvalue weighted by atomic mass is 10.0. The first-order chi connectivity index (χ1) is 7.65. The molecule has 0 spiro atoms. The van der Waals surface area contributed by atoms with Gasteiger partial charge in [-0.2, -0.15) is 0 Å². The Labute approximate surface area is 99.7 Å². The first kappa shape index (κ1) is 11.2. The standard InChI is InChI=1S/C14H12ClF/c1-10-8-14(16)7-4-12(10)9-11-2-5-13(15)6-3-11/h2-8H,9H2,1H3. The summed E-state index contributed by atoms with van der Waals surface area (Å²) in [6, 6.07) is 12.6. The Bertz CT molecular complexity index is 489. The number of benzene rings is 2. The molecule has 0 N–H and O–H groups in total. The lowest BCUT2D eigenvalue weighted by Gasteiger charge is -2.06. The predicted molar refractivity (Wildman–Crippen MR) is 65.4 cm³/mol. The zero-order chi connectivity index (χ0) is 11.5. The normalized spacial score (nSPS) is 10.4. The van der Waals surface area contributed by atoms with Crippen LogP contribution in [0.25, 0.3) is 0 Å². The van der Waals surface area contributed by atoms with Crippen LogP contribution >= 0.6 is 11.6 Å². The van der Waals surface area contributed by atoms with Crippen molar-refractivity contribution in [2.24, 2.45) is 0 Å². The van der Waals surface area contributed by atoms with Crippen LogP contribution in [0.15, 0.2) is 42.5 Å². The van der Waals surface area contributed by atoms with Gasteiger partial charge in [0.05, 0.1) is 0 Å². The molecule has 0 bridgehead atoms. The van der Waals surface area contributed by atoms with E-state index in [1.807, 2.05) is 37.3 Å². The van der Waals surface area contributed by atoms with Crippen LogP contribution in [0.5, 0.6) is 0 Å². The van der Waals surface area contributed by atoms with Gasteiger partial charge in [0.25, 0.3) is 0 Å². The van der Waals surface area contributed by atoms with Crippen molar-refractivity contribution >= 4 is 11.6 Å². The second-order valence-electron chi connectivity index (χ2n) is 3.87. The van der Waals surface area contributed by atoms with Gasteiger partial charge in [0.1, 0.15) is 5.82 Å². The van der Waals surface area contributed by atoms with Crippen LogP contribution in [0, 0.1) is 12.7 Å². The van der Waals surface area contributed by atoms with Crippen LogP contribution in [0.2, 0.25) is 5.02 Å². The maximum Gasteiger partial charge on any atom is 0.123 e. The monoisotopic (exact) mass is 234 g/mol. The third-order valence-electron chi connectivity index (χ3n) is 2.61. The van der Waals surface area contributed by atoms with Crippen molar-refractivity contribution in [1.29, 1.82) is 0 Å². The second kappa shape index (κ2) is 4.67. The summed E-state index contributed by atoms with van der Waals surface area (Å²) in [4.78, 5) is 0. The third-order valence-corrected chi connectivity index (χ3v) is 2.86. The van der Waals surface area contributed by atoms with Crippen molar-refractivity contribution in [3.8, 4) is 0 Å². The van der Waals surface area contributed by atoms with Crippen LogP contribution in [0.3, 0.4) is 0 Å². The molecular weight excluding hydrogens is 223 g/mol. The Balaban J connectivity index is 2.23. The molecule has 0 fully saturated rings. The summed E-state index contributed by atoms with van der Waals surface area (Å²) in [7, 11) is 0. The molecule has 0 saturated carbocycles. The highest BCUT2D eigenvalue weighted by atomic mass is 35.5. The fourth-order valence-electron chi connectivity index (χ4n) is 1.68. The van der Waals surface area contributed by atoms with E-state index < -0.39 is 0 Å². The smallest absolute Gasteiger partial charge is 0.123 e. The van der Waals surface area contributed by atoms with Gasteiger partial charge in [0, 0.05) is 5.02 Å². The first-order valence-corrected chi connectivity index (χ1v) is 5.52. The van der Waals surface area contributed by atoms with E-state index in [1.165, 1.54) is 11.6 Å². The topological polar surface area (TPSA) is 0 Å². The summed E-state index contributed by atoms with van der Waals surface area (Å²) in [5, 5.41) is 0.736. The molecule has 0 unspecified atom stereocenters. The van der Waals surface area contributed by atoms with Crippen molar-refractivity contribution in [3.63, 3.8) is 0 Å². The number of halogens is 2. The lowest BCUT2D eigenvalue weighted by molar-refractivity contribution is 0.626. The van der Waals surface area contributed by atoms with Crippen LogP contribution in [0.1, 0.15) is 16.7 Å². The summed E-state index contributed by atoms with van der Waals surface area (Å²) in [5.41, 5.74) is 3.30. The minimum atomic E-state index is -0.183. The van der Waals surface area contributed by atoms with Gasteiger partial charge in [-0.3, -0.25) is 0 Å². The van der Waals surface area contributed by atoms with E-state index in [-0.39, 0.29) is 5.82 Å². The van der Waals surface area contributed by atoms with Crippen LogP contribution in [-0.2, 0) is 6.42 Å². The summed E-state index contributed by atoms with van der Waals surface area (Å²) in [5.74, 6) is -0.183. The second-order valence-corrected chi connectivity index (χ2v) is 4.31. The van der Waals surface area contributed by atoms with E-state index in [0.29, 0.717) is 0 Å². The maximum atomic E-state index is 12.9. The SMILES string of the molecule is Cc1cc(F)ccc1Cc1ccc(Cl)cc1. The molecule has 0 heterocycles. The van der Waals surface area contributed by atoms with Gasteiger partial charge in [-0.15, -0.1) is 0 Å². The molecule has 0 radical (unpaired) electrons. The summed E-state index contributed by atoms with van der Waals surface area (Å²) in [6.07, 6.45) is 0.809. The van der Waals surface area contributed by atoms with E-state index >= 15 is 0 Å². The molecule has 2 aromatic carbocycles. The van der Waals surface area contributed by atoms with E-state index in [2.05, 4.69) is 0 Å². The van der Waals surface area contributed by atoms with Crippen molar-refractivity contribution in [3.05, 3.63) is 70.0 Å². The molecule has 0 nitrogen and oxygen atoms in total. The molecule has 0 aromatic heterocycles. The number of aryl methyl sites for hydroxylation is 1. The minimum Gasteiger partial charge on any atom is -0.207 e. The molecule has 82 valence electrons. The highest BCUT2D eigenvalue weighted by Gasteiger charge is 2.01. The molecule has 16 heavy (non-hydrogen) atoms. The number of hydrogen-bond acceptors (Lipinski definition) is 0. The molecule has 0 saturated heterocycles. The summed E-state index contributed by atoms with van der Waals surface area (Å²) in [6.45, 7) is 1.92. The Morgan fingerprint density at radius 1 is 1.06 bits per heavy atom. The molecule has 0 atom stereocenters. The van der Waals surface area contributed by atoms with Gasteiger partial charge in [-0.1, -0.05) is 29.8 Å². The third kappa shape index (κ3) is 2.61. The Morgan fingerprint density at radius 3 is 2.38 bits per heavy atom. The van der Waals surface area contributed by atoms with Crippen LogP contribution in [0.4, 0.5) is 4.39 Å². The van der Waals surface area contributed by atoms with Crippen molar-refractivity contribution in [2.75, 3.05) is 0 Å². The largest absolute Gasteiger partial charge is 0.207 e. The minimum absolute atomic E-state index is 0.183. The maximum absolute atomic E-state index is 12.9. The summed E-state index contributed by atoms with van der Waals surface area (Å²) < 4.78 is 12.9. The van der Waals surface area contributed by atoms with Gasteiger partial charge in [0.15, 0.2) is 0 Å². The zero-order valence-corrected chi connectivity index (χ0v) is 9.76. The first-order valence-electron chi connectivity index (χ1n) is 5.14. The predicted octanol–water partition coefficient (Wildman–Crippen LogP) is 4.38. The average molecular weight is 235 g/mol. The average Bonchev–Trinajstić information content (AvgIpc) is 2.25. The number of hydrogen-bond donors (Lipinski definition) is 0. The van der Waals surface area contributed by atoms with Crippen molar-refractivity contribution in [2.45, 2.75) is 13.3 Å². The molecule has 0 amide bonds. The van der Waals surface area contributed by atoms with E-state index in [4.69, 9.17) is 11.6 Å². The Morgan fingerprint density at radius 2 is 1.75 bits per heavy atom. The van der Waals surface area contributed by atoms with Gasteiger partial charge in [-0.05, 0) is 54.3 Å². The van der Waals surface area contributed by atoms with E-state index in [9.17, 15) is 4.39 Å².